The Morgan fingerprint density at radius 2 is 1.54 bits per heavy atom. The van der Waals surface area contributed by atoms with Gasteiger partial charge in [0, 0.05) is 30.1 Å². The van der Waals surface area contributed by atoms with Gasteiger partial charge >= 0.3 is 0 Å². The number of hydrogen-bond acceptors (Lipinski definition) is 7. The first-order valence-corrected chi connectivity index (χ1v) is 19.3. The zero-order valence-electron chi connectivity index (χ0n) is 29.8. The topological polar surface area (TPSA) is 114 Å². The quantitative estimate of drug-likeness (QED) is 0.131. The molecule has 1 saturated carbocycles. The zero-order valence-corrected chi connectivity index (χ0v) is 31.4. The summed E-state index contributed by atoms with van der Waals surface area (Å²) in [6, 6.07) is 26.4. The third-order valence-electron chi connectivity index (χ3n) is 9.18. The van der Waals surface area contributed by atoms with E-state index in [-0.39, 0.29) is 41.2 Å². The molecule has 12 heteroatoms. The second-order valence-electron chi connectivity index (χ2n) is 12.6. The van der Waals surface area contributed by atoms with Crippen LogP contribution in [0.25, 0.3) is 0 Å². The standard InChI is InChI=1S/C40H46ClN3O7S/c1-4-51-33-21-19-32(20-22-33)44(52(47,48)34-23-24-37(49-2)38(26-34)50-3)28-39(45)43(27-30-15-11-12-18-35(30)41)36(25-29-13-7-5-8-14-29)40(46)42-31-16-9-6-10-17-31/h5,7-8,11-15,18-24,26,31,36H,4,6,9-10,16-17,25,27-28H2,1-3H3,(H,42,46)/t36-/m1/s1. The highest BCUT2D eigenvalue weighted by Gasteiger charge is 2.36. The minimum atomic E-state index is -4.39. The van der Waals surface area contributed by atoms with Crippen LogP contribution in [0, 0.1) is 0 Å². The molecular formula is C40H46ClN3O7S. The molecule has 0 aromatic heterocycles. The van der Waals surface area contributed by atoms with Gasteiger partial charge in [-0.3, -0.25) is 13.9 Å². The summed E-state index contributed by atoms with van der Waals surface area (Å²) in [6.45, 7) is 1.64. The van der Waals surface area contributed by atoms with E-state index < -0.39 is 28.5 Å². The number of benzene rings is 4. The molecule has 0 radical (unpaired) electrons. The Morgan fingerprint density at radius 3 is 2.19 bits per heavy atom. The fourth-order valence-electron chi connectivity index (χ4n) is 6.42. The van der Waals surface area contributed by atoms with Crippen LogP contribution in [-0.4, -0.2) is 64.6 Å². The molecule has 0 aliphatic heterocycles. The summed E-state index contributed by atoms with van der Waals surface area (Å²) in [5.74, 6) is 0.223. The van der Waals surface area contributed by atoms with Crippen LogP contribution in [0.5, 0.6) is 17.2 Å². The molecule has 2 amide bonds. The molecule has 0 heterocycles. The lowest BCUT2D eigenvalue weighted by Gasteiger charge is -2.35. The Labute approximate surface area is 311 Å². The van der Waals surface area contributed by atoms with Crippen LogP contribution < -0.4 is 23.8 Å². The van der Waals surface area contributed by atoms with Crippen molar-refractivity contribution in [3.05, 3.63) is 113 Å². The van der Waals surface area contributed by atoms with Gasteiger partial charge in [0.05, 0.1) is 31.4 Å². The van der Waals surface area contributed by atoms with Crippen molar-refractivity contribution in [3.8, 4) is 17.2 Å². The van der Waals surface area contributed by atoms with Crippen LogP contribution in [0.4, 0.5) is 5.69 Å². The molecule has 5 rings (SSSR count). The SMILES string of the molecule is CCOc1ccc(N(CC(=O)N(Cc2ccccc2Cl)[C@H](Cc2ccccc2)C(=O)NC2CCCCC2)S(=O)(=O)c2ccc(OC)c(OC)c2)cc1. The van der Waals surface area contributed by atoms with Gasteiger partial charge in [0.25, 0.3) is 10.0 Å². The van der Waals surface area contributed by atoms with E-state index in [1.54, 1.807) is 42.5 Å². The molecule has 1 aliphatic rings. The maximum atomic E-state index is 14.9. The van der Waals surface area contributed by atoms with Crippen molar-refractivity contribution in [2.45, 2.75) is 69.0 Å². The Kier molecular flexibility index (Phi) is 13.4. The van der Waals surface area contributed by atoms with Crippen molar-refractivity contribution >= 4 is 39.1 Å². The van der Waals surface area contributed by atoms with Gasteiger partial charge in [-0.1, -0.05) is 79.4 Å². The fourth-order valence-corrected chi connectivity index (χ4v) is 8.04. The highest BCUT2D eigenvalue weighted by molar-refractivity contribution is 7.92. The molecule has 4 aromatic rings. The predicted molar refractivity (Wildman–Crippen MR) is 203 cm³/mol. The van der Waals surface area contributed by atoms with Crippen LogP contribution in [0.3, 0.4) is 0 Å². The van der Waals surface area contributed by atoms with Crippen molar-refractivity contribution in [1.82, 2.24) is 10.2 Å². The number of anilines is 1. The van der Waals surface area contributed by atoms with Gasteiger partial charge in [0.2, 0.25) is 11.8 Å². The second kappa shape index (κ2) is 18.1. The van der Waals surface area contributed by atoms with E-state index in [1.807, 2.05) is 43.3 Å². The molecule has 0 unspecified atom stereocenters. The van der Waals surface area contributed by atoms with Crippen LogP contribution in [0.1, 0.15) is 50.2 Å². The predicted octanol–water partition coefficient (Wildman–Crippen LogP) is 7.04. The number of nitrogens with one attached hydrogen (secondary N) is 1. The summed E-state index contributed by atoms with van der Waals surface area (Å²) in [7, 11) is -1.52. The molecule has 0 saturated heterocycles. The Hall–Kier alpha value is -4.74. The number of amides is 2. The van der Waals surface area contributed by atoms with Gasteiger partial charge in [-0.25, -0.2) is 8.42 Å². The minimum Gasteiger partial charge on any atom is -0.494 e. The monoisotopic (exact) mass is 747 g/mol. The van der Waals surface area contributed by atoms with Gasteiger partial charge < -0.3 is 24.4 Å². The highest BCUT2D eigenvalue weighted by Crippen LogP contribution is 2.33. The fraction of sp³-hybridized carbons (Fsp3) is 0.350. The number of methoxy groups -OCH3 is 2. The second-order valence-corrected chi connectivity index (χ2v) is 14.9. The van der Waals surface area contributed by atoms with Gasteiger partial charge in [0.1, 0.15) is 18.3 Å². The van der Waals surface area contributed by atoms with Crippen molar-refractivity contribution in [2.75, 3.05) is 31.7 Å². The van der Waals surface area contributed by atoms with Gasteiger partial charge in [-0.2, -0.15) is 0 Å². The maximum absolute atomic E-state index is 14.9. The summed E-state index contributed by atoms with van der Waals surface area (Å²) in [6.07, 6.45) is 5.08. The van der Waals surface area contributed by atoms with E-state index in [0.717, 1.165) is 42.0 Å². The van der Waals surface area contributed by atoms with Gasteiger partial charge in [0.15, 0.2) is 11.5 Å². The van der Waals surface area contributed by atoms with Gasteiger partial charge in [-0.15, -0.1) is 0 Å². The van der Waals surface area contributed by atoms with Crippen LogP contribution in [-0.2, 0) is 32.6 Å². The maximum Gasteiger partial charge on any atom is 0.264 e. The minimum absolute atomic E-state index is 0.0115. The molecule has 1 fully saturated rings. The number of ether oxygens (including phenoxy) is 3. The number of nitrogens with zero attached hydrogens (tertiary/aromatic N) is 2. The smallest absolute Gasteiger partial charge is 0.264 e. The molecule has 10 nitrogen and oxygen atoms in total. The third-order valence-corrected chi connectivity index (χ3v) is 11.3. The normalized spacial score (nSPS) is 13.8. The lowest BCUT2D eigenvalue weighted by Crippen LogP contribution is -2.55. The molecule has 1 N–H and O–H groups in total. The van der Waals surface area contributed by atoms with Crippen molar-refractivity contribution in [2.24, 2.45) is 0 Å². The Balaban J connectivity index is 1.59. The summed E-state index contributed by atoms with van der Waals surface area (Å²) in [5, 5.41) is 3.64. The lowest BCUT2D eigenvalue weighted by atomic mass is 9.94. The first-order valence-electron chi connectivity index (χ1n) is 17.5. The van der Waals surface area contributed by atoms with E-state index in [2.05, 4.69) is 5.32 Å². The number of carbonyl (C=O) groups excluding carboxylic acids is 2. The van der Waals surface area contributed by atoms with Gasteiger partial charge in [-0.05, 0) is 73.4 Å². The van der Waals surface area contributed by atoms with Crippen LogP contribution in [0.2, 0.25) is 5.02 Å². The van der Waals surface area contributed by atoms with E-state index in [4.69, 9.17) is 25.8 Å². The van der Waals surface area contributed by atoms with Crippen LogP contribution >= 0.6 is 11.6 Å². The lowest BCUT2D eigenvalue weighted by molar-refractivity contribution is -0.140. The van der Waals surface area contributed by atoms with Crippen LogP contribution in [0.15, 0.2) is 102 Å². The number of halogens is 1. The zero-order chi connectivity index (χ0) is 37.1. The molecule has 0 bridgehead atoms. The van der Waals surface area contributed by atoms with Crippen molar-refractivity contribution < 1.29 is 32.2 Å². The molecule has 1 aliphatic carbocycles. The number of carbonyl (C=O) groups is 2. The summed E-state index contributed by atoms with van der Waals surface area (Å²) in [4.78, 5) is 30.5. The molecule has 4 aromatic carbocycles. The molecule has 0 spiro atoms. The summed E-state index contributed by atoms with van der Waals surface area (Å²) < 4.78 is 46.5. The molecular weight excluding hydrogens is 702 g/mol. The first kappa shape index (κ1) is 38.5. The molecule has 52 heavy (non-hydrogen) atoms. The summed E-state index contributed by atoms with van der Waals surface area (Å²) in [5.41, 5.74) is 1.71. The molecule has 1 atom stereocenters. The Bertz CT molecular complexity index is 1900. The summed E-state index contributed by atoms with van der Waals surface area (Å²) >= 11 is 6.64. The van der Waals surface area contributed by atoms with E-state index in [9.17, 15) is 18.0 Å². The van der Waals surface area contributed by atoms with Crippen molar-refractivity contribution in [3.63, 3.8) is 0 Å². The van der Waals surface area contributed by atoms with E-state index >= 15 is 0 Å². The third kappa shape index (κ3) is 9.57. The molecule has 276 valence electrons. The van der Waals surface area contributed by atoms with E-state index in [0.29, 0.717) is 28.7 Å². The number of hydrogen-bond donors (Lipinski definition) is 1. The average molecular weight is 748 g/mol. The Morgan fingerprint density at radius 1 is 0.865 bits per heavy atom. The van der Waals surface area contributed by atoms with Crippen molar-refractivity contribution in [1.29, 1.82) is 0 Å². The van der Waals surface area contributed by atoms with E-state index in [1.165, 1.54) is 37.3 Å². The highest BCUT2D eigenvalue weighted by atomic mass is 35.5. The number of sulfonamides is 1. The average Bonchev–Trinajstić information content (AvgIpc) is 3.16. The largest absolute Gasteiger partial charge is 0.494 e. The number of rotatable bonds is 16. The first-order chi connectivity index (χ1) is 25.1.